The van der Waals surface area contributed by atoms with E-state index in [4.69, 9.17) is 5.11 Å². The lowest BCUT2D eigenvalue weighted by molar-refractivity contribution is 0.0693. The second-order valence-corrected chi connectivity index (χ2v) is 2.96. The number of benzene rings is 1. The molecule has 3 heteroatoms. The molecule has 0 saturated carbocycles. The highest BCUT2D eigenvalue weighted by Gasteiger charge is 2.15. The van der Waals surface area contributed by atoms with Crippen molar-refractivity contribution < 1.29 is 14.7 Å². The SMILES string of the molecule is C=C(C)C(=O)c1ccccc1C(=O)O. The first kappa shape index (κ1) is 10.2. The highest BCUT2D eigenvalue weighted by atomic mass is 16.4. The summed E-state index contributed by atoms with van der Waals surface area (Å²) in [6, 6.07) is 6.10. The zero-order chi connectivity index (χ0) is 10.7. The van der Waals surface area contributed by atoms with Crippen LogP contribution >= 0.6 is 0 Å². The van der Waals surface area contributed by atoms with Crippen molar-refractivity contribution in [2.75, 3.05) is 0 Å². The molecule has 3 nitrogen and oxygen atoms in total. The number of carboxylic acids is 1. The number of ketones is 1. The van der Waals surface area contributed by atoms with E-state index in [1.807, 2.05) is 0 Å². The van der Waals surface area contributed by atoms with Crippen LogP contribution in [-0.4, -0.2) is 16.9 Å². The summed E-state index contributed by atoms with van der Waals surface area (Å²) in [4.78, 5) is 22.3. The van der Waals surface area contributed by atoms with E-state index in [1.165, 1.54) is 12.1 Å². The van der Waals surface area contributed by atoms with Gasteiger partial charge in [-0.1, -0.05) is 24.8 Å². The quantitative estimate of drug-likeness (QED) is 0.586. The van der Waals surface area contributed by atoms with Gasteiger partial charge in [0.15, 0.2) is 5.78 Å². The first-order valence-corrected chi connectivity index (χ1v) is 4.06. The highest BCUT2D eigenvalue weighted by molar-refractivity contribution is 6.13. The molecule has 0 aliphatic rings. The second kappa shape index (κ2) is 3.87. The Morgan fingerprint density at radius 1 is 1.21 bits per heavy atom. The van der Waals surface area contributed by atoms with E-state index < -0.39 is 5.97 Å². The van der Waals surface area contributed by atoms with Crippen LogP contribution < -0.4 is 0 Å². The summed E-state index contributed by atoms with van der Waals surface area (Å²) in [5, 5.41) is 8.81. The van der Waals surface area contributed by atoms with E-state index in [1.54, 1.807) is 19.1 Å². The largest absolute Gasteiger partial charge is 0.478 e. The van der Waals surface area contributed by atoms with Crippen LogP contribution in [0.5, 0.6) is 0 Å². The van der Waals surface area contributed by atoms with Crippen molar-refractivity contribution in [3.63, 3.8) is 0 Å². The van der Waals surface area contributed by atoms with Gasteiger partial charge in [-0.15, -0.1) is 0 Å². The van der Waals surface area contributed by atoms with E-state index in [-0.39, 0.29) is 16.9 Å². The van der Waals surface area contributed by atoms with Gasteiger partial charge in [-0.3, -0.25) is 4.79 Å². The van der Waals surface area contributed by atoms with Crippen molar-refractivity contribution in [3.8, 4) is 0 Å². The Balaban J connectivity index is 3.27. The van der Waals surface area contributed by atoms with Crippen LogP contribution in [0.4, 0.5) is 0 Å². The predicted molar refractivity (Wildman–Crippen MR) is 52.5 cm³/mol. The fourth-order valence-electron chi connectivity index (χ4n) is 1.10. The van der Waals surface area contributed by atoms with Crippen LogP contribution in [0.1, 0.15) is 27.6 Å². The molecule has 0 aliphatic heterocycles. The minimum absolute atomic E-state index is 0.0144. The maximum atomic E-state index is 11.5. The Morgan fingerprint density at radius 3 is 2.14 bits per heavy atom. The number of hydrogen-bond acceptors (Lipinski definition) is 2. The number of carboxylic acid groups (broad SMARTS) is 1. The molecule has 0 spiro atoms. The highest BCUT2D eigenvalue weighted by Crippen LogP contribution is 2.12. The Bertz CT molecular complexity index is 405. The summed E-state index contributed by atoms with van der Waals surface area (Å²) in [6.45, 7) is 5.05. The minimum Gasteiger partial charge on any atom is -0.478 e. The van der Waals surface area contributed by atoms with Crippen LogP contribution in [0.15, 0.2) is 36.4 Å². The summed E-state index contributed by atoms with van der Waals surface area (Å²) in [5.41, 5.74) is 0.534. The standard InChI is InChI=1S/C11H10O3/c1-7(2)10(12)8-5-3-4-6-9(8)11(13)14/h3-6H,1H2,2H3,(H,13,14). The summed E-state index contributed by atoms with van der Waals surface area (Å²) >= 11 is 0. The van der Waals surface area contributed by atoms with Gasteiger partial charge in [-0.2, -0.15) is 0 Å². The lowest BCUT2D eigenvalue weighted by Crippen LogP contribution is -2.08. The Hall–Kier alpha value is -1.90. The first-order valence-electron chi connectivity index (χ1n) is 4.06. The van der Waals surface area contributed by atoms with Crippen LogP contribution in [0.2, 0.25) is 0 Å². The fraction of sp³-hybridized carbons (Fsp3) is 0.0909. The van der Waals surface area contributed by atoms with Gasteiger partial charge >= 0.3 is 5.97 Å². The predicted octanol–water partition coefficient (Wildman–Crippen LogP) is 2.14. The number of hydrogen-bond donors (Lipinski definition) is 1. The molecule has 1 aromatic rings. The van der Waals surface area contributed by atoms with E-state index in [2.05, 4.69) is 6.58 Å². The molecule has 0 aromatic heterocycles. The van der Waals surface area contributed by atoms with Gasteiger partial charge in [-0.05, 0) is 18.6 Å². The molecule has 1 rings (SSSR count). The molecule has 72 valence electrons. The summed E-state index contributed by atoms with van der Waals surface area (Å²) in [5.74, 6) is -1.43. The molecule has 0 fully saturated rings. The van der Waals surface area contributed by atoms with Crippen molar-refractivity contribution in [3.05, 3.63) is 47.5 Å². The van der Waals surface area contributed by atoms with E-state index >= 15 is 0 Å². The number of carbonyl (C=O) groups excluding carboxylic acids is 1. The number of carbonyl (C=O) groups is 2. The van der Waals surface area contributed by atoms with Gasteiger partial charge in [-0.25, -0.2) is 4.79 Å². The minimum atomic E-state index is -1.10. The van der Waals surface area contributed by atoms with E-state index in [9.17, 15) is 9.59 Å². The van der Waals surface area contributed by atoms with Gasteiger partial charge in [0.1, 0.15) is 0 Å². The molecule has 0 unspecified atom stereocenters. The third-order valence-electron chi connectivity index (χ3n) is 1.79. The van der Waals surface area contributed by atoms with Crippen LogP contribution in [0.3, 0.4) is 0 Å². The summed E-state index contributed by atoms with van der Waals surface area (Å²) < 4.78 is 0. The molecule has 0 saturated heterocycles. The smallest absolute Gasteiger partial charge is 0.336 e. The van der Waals surface area contributed by atoms with Crippen molar-refractivity contribution in [1.29, 1.82) is 0 Å². The second-order valence-electron chi connectivity index (χ2n) is 2.96. The Morgan fingerprint density at radius 2 is 1.71 bits per heavy atom. The zero-order valence-corrected chi connectivity index (χ0v) is 7.78. The molecule has 0 atom stereocenters. The molecular weight excluding hydrogens is 180 g/mol. The third-order valence-corrected chi connectivity index (χ3v) is 1.79. The average Bonchev–Trinajstić information content (AvgIpc) is 2.16. The van der Waals surface area contributed by atoms with Crippen molar-refractivity contribution in [1.82, 2.24) is 0 Å². The van der Waals surface area contributed by atoms with Crippen molar-refractivity contribution in [2.45, 2.75) is 6.92 Å². The van der Waals surface area contributed by atoms with E-state index in [0.717, 1.165) is 0 Å². The third kappa shape index (κ3) is 1.88. The first-order chi connectivity index (χ1) is 6.54. The fourth-order valence-corrected chi connectivity index (χ4v) is 1.10. The van der Waals surface area contributed by atoms with Crippen LogP contribution in [-0.2, 0) is 0 Å². The molecular formula is C11H10O3. The molecule has 1 aromatic carbocycles. The van der Waals surface area contributed by atoms with Gasteiger partial charge in [0.2, 0.25) is 0 Å². The number of aromatic carboxylic acids is 1. The van der Waals surface area contributed by atoms with Crippen molar-refractivity contribution >= 4 is 11.8 Å². The maximum absolute atomic E-state index is 11.5. The molecule has 0 radical (unpaired) electrons. The summed E-state index contributed by atoms with van der Waals surface area (Å²) in [7, 11) is 0. The average molecular weight is 190 g/mol. The molecule has 0 aliphatic carbocycles. The number of allylic oxidation sites excluding steroid dienone is 1. The monoisotopic (exact) mass is 190 g/mol. The lowest BCUT2D eigenvalue weighted by atomic mass is 10.0. The molecule has 0 bridgehead atoms. The van der Waals surface area contributed by atoms with Gasteiger partial charge in [0.05, 0.1) is 5.56 Å². The normalized spacial score (nSPS) is 9.50. The van der Waals surface area contributed by atoms with Crippen molar-refractivity contribution in [2.24, 2.45) is 0 Å². The Kier molecular flexibility index (Phi) is 2.82. The maximum Gasteiger partial charge on any atom is 0.336 e. The topological polar surface area (TPSA) is 54.4 Å². The van der Waals surface area contributed by atoms with Gasteiger partial charge in [0.25, 0.3) is 0 Å². The molecule has 1 N–H and O–H groups in total. The van der Waals surface area contributed by atoms with Gasteiger partial charge < -0.3 is 5.11 Å². The van der Waals surface area contributed by atoms with Gasteiger partial charge in [0, 0.05) is 5.56 Å². The Labute approximate surface area is 81.7 Å². The van der Waals surface area contributed by atoms with Crippen LogP contribution in [0.25, 0.3) is 0 Å². The number of Topliss-reactive ketones (excluding diaryl/α,β-unsaturated/α-hetero) is 1. The zero-order valence-electron chi connectivity index (χ0n) is 7.78. The molecule has 0 amide bonds. The number of rotatable bonds is 3. The molecule has 0 heterocycles. The summed E-state index contributed by atoms with van der Waals surface area (Å²) in [6.07, 6.45) is 0. The molecule has 14 heavy (non-hydrogen) atoms. The van der Waals surface area contributed by atoms with E-state index in [0.29, 0.717) is 5.57 Å². The van der Waals surface area contributed by atoms with Crippen LogP contribution in [0, 0.1) is 0 Å². The lowest BCUT2D eigenvalue weighted by Gasteiger charge is -2.03.